The molecule has 3 rings (SSSR count). The Morgan fingerprint density at radius 2 is 2.15 bits per heavy atom. The van der Waals surface area contributed by atoms with Crippen LogP contribution in [-0.4, -0.2) is 17.9 Å². The number of thiophene rings is 1. The smallest absolute Gasteiger partial charge is 0.339 e. The average Bonchev–Trinajstić information content (AvgIpc) is 3.03. The summed E-state index contributed by atoms with van der Waals surface area (Å²) in [6, 6.07) is 4.89. The van der Waals surface area contributed by atoms with Crippen LogP contribution in [0.25, 0.3) is 0 Å². The van der Waals surface area contributed by atoms with Crippen molar-refractivity contribution in [3.8, 4) is 17.2 Å². The molecule has 5 nitrogen and oxygen atoms in total. The summed E-state index contributed by atoms with van der Waals surface area (Å²) in [5.74, 6) is 0.118. The van der Waals surface area contributed by atoms with Gasteiger partial charge in [0, 0.05) is 16.6 Å². The van der Waals surface area contributed by atoms with Crippen molar-refractivity contribution < 1.29 is 24.1 Å². The molecule has 1 aromatic carbocycles. The van der Waals surface area contributed by atoms with Crippen molar-refractivity contribution in [1.29, 1.82) is 0 Å². The summed E-state index contributed by atoms with van der Waals surface area (Å²) in [6.45, 7) is 0.381. The highest BCUT2D eigenvalue weighted by Gasteiger charge is 2.21. The minimum atomic E-state index is -1.07. The Morgan fingerprint density at radius 1 is 1.40 bits per heavy atom. The quantitative estimate of drug-likeness (QED) is 0.907. The lowest BCUT2D eigenvalue weighted by Crippen LogP contribution is -2.03. The van der Waals surface area contributed by atoms with Crippen LogP contribution in [0, 0.1) is 0 Å². The second-order valence-corrected chi connectivity index (χ2v) is 5.84. The van der Waals surface area contributed by atoms with Gasteiger partial charge in [-0.25, -0.2) is 4.79 Å². The molecule has 20 heavy (non-hydrogen) atoms. The number of halogens is 1. The zero-order valence-corrected chi connectivity index (χ0v) is 12.5. The molecule has 2 aromatic rings. The number of hydrogen-bond acceptors (Lipinski definition) is 5. The second-order valence-electron chi connectivity index (χ2n) is 3.99. The topological polar surface area (TPSA) is 65.0 Å². The maximum atomic E-state index is 11.3. The molecular formula is C13H9BrO5S. The summed E-state index contributed by atoms with van der Waals surface area (Å²) in [4.78, 5) is 12.3. The van der Waals surface area contributed by atoms with Crippen LogP contribution < -0.4 is 14.2 Å². The fourth-order valence-corrected chi connectivity index (χ4v) is 3.16. The molecule has 0 unspecified atom stereocenters. The lowest BCUT2D eigenvalue weighted by molar-refractivity contribution is 0.0691. The number of ether oxygens (including phenoxy) is 3. The standard InChI is InChI=1S/C13H9BrO5S/c14-8-1-2-20-12(8)5-17-9-4-11-10(18-6-19-11)3-7(9)13(15)16/h1-4H,5-6H2,(H,15,16). The molecule has 0 bridgehead atoms. The average molecular weight is 357 g/mol. The normalized spacial score (nSPS) is 12.4. The van der Waals surface area contributed by atoms with Crippen LogP contribution >= 0.6 is 27.3 Å². The molecule has 1 aliphatic rings. The number of carboxylic acid groups (broad SMARTS) is 1. The van der Waals surface area contributed by atoms with Crippen molar-refractivity contribution in [3.05, 3.63) is 38.5 Å². The third-order valence-electron chi connectivity index (χ3n) is 2.76. The Bertz CT molecular complexity index is 667. The van der Waals surface area contributed by atoms with E-state index < -0.39 is 5.97 Å². The number of aromatic carboxylic acids is 1. The Balaban J connectivity index is 1.88. The van der Waals surface area contributed by atoms with Gasteiger partial charge < -0.3 is 19.3 Å². The predicted octanol–water partition coefficient (Wildman–Crippen LogP) is 3.52. The van der Waals surface area contributed by atoms with Crippen LogP contribution in [-0.2, 0) is 6.61 Å². The van der Waals surface area contributed by atoms with Crippen molar-refractivity contribution in [2.45, 2.75) is 6.61 Å². The fraction of sp³-hybridized carbons (Fsp3) is 0.154. The highest BCUT2D eigenvalue weighted by Crippen LogP contribution is 2.38. The van der Waals surface area contributed by atoms with Crippen molar-refractivity contribution >= 4 is 33.2 Å². The third-order valence-corrected chi connectivity index (χ3v) is 4.65. The molecule has 2 heterocycles. The van der Waals surface area contributed by atoms with Crippen LogP contribution in [0.1, 0.15) is 15.2 Å². The van der Waals surface area contributed by atoms with E-state index in [0.717, 1.165) is 9.35 Å². The number of fused-ring (bicyclic) bond motifs is 1. The van der Waals surface area contributed by atoms with Crippen LogP contribution in [0.5, 0.6) is 17.2 Å². The number of benzene rings is 1. The van der Waals surface area contributed by atoms with Gasteiger partial charge in [0.15, 0.2) is 11.5 Å². The van der Waals surface area contributed by atoms with E-state index in [-0.39, 0.29) is 24.7 Å². The van der Waals surface area contributed by atoms with Crippen molar-refractivity contribution in [2.75, 3.05) is 6.79 Å². The number of carboxylic acids is 1. The summed E-state index contributed by atoms with van der Waals surface area (Å²) in [5.41, 5.74) is 0.0573. The first-order valence-corrected chi connectivity index (χ1v) is 7.34. The molecule has 0 spiro atoms. The molecule has 104 valence electrons. The van der Waals surface area contributed by atoms with Crippen molar-refractivity contribution in [3.63, 3.8) is 0 Å². The highest BCUT2D eigenvalue weighted by atomic mass is 79.9. The molecule has 0 atom stereocenters. The first-order valence-electron chi connectivity index (χ1n) is 5.67. The van der Waals surface area contributed by atoms with Gasteiger partial charge in [0.25, 0.3) is 0 Å². The zero-order valence-electron chi connectivity index (χ0n) is 10.1. The molecular weight excluding hydrogens is 348 g/mol. The molecule has 7 heteroatoms. The second kappa shape index (κ2) is 5.34. The van der Waals surface area contributed by atoms with Crippen LogP contribution in [0.15, 0.2) is 28.1 Å². The maximum Gasteiger partial charge on any atom is 0.339 e. The maximum absolute atomic E-state index is 11.3. The van der Waals surface area contributed by atoms with E-state index in [1.54, 1.807) is 6.07 Å². The number of hydrogen-bond donors (Lipinski definition) is 1. The monoisotopic (exact) mass is 356 g/mol. The van der Waals surface area contributed by atoms with Gasteiger partial charge in [-0.05, 0) is 27.4 Å². The molecule has 0 fully saturated rings. The van der Waals surface area contributed by atoms with E-state index in [4.69, 9.17) is 14.2 Å². The van der Waals surface area contributed by atoms with E-state index in [2.05, 4.69) is 15.9 Å². The molecule has 0 radical (unpaired) electrons. The van der Waals surface area contributed by atoms with Gasteiger partial charge in [-0.3, -0.25) is 0 Å². The van der Waals surface area contributed by atoms with E-state index in [0.29, 0.717) is 11.5 Å². The van der Waals surface area contributed by atoms with Crippen molar-refractivity contribution in [2.24, 2.45) is 0 Å². The van der Waals surface area contributed by atoms with Gasteiger partial charge in [0.1, 0.15) is 17.9 Å². The minimum absolute atomic E-state index is 0.0573. The van der Waals surface area contributed by atoms with Crippen LogP contribution in [0.4, 0.5) is 0 Å². The van der Waals surface area contributed by atoms with Crippen LogP contribution in [0.2, 0.25) is 0 Å². The lowest BCUT2D eigenvalue weighted by atomic mass is 10.2. The molecule has 1 aromatic heterocycles. The van der Waals surface area contributed by atoms with Gasteiger partial charge in [0.2, 0.25) is 6.79 Å². The first kappa shape index (κ1) is 13.3. The summed E-state index contributed by atoms with van der Waals surface area (Å²) in [5, 5.41) is 11.2. The number of rotatable bonds is 4. The number of carbonyl (C=O) groups is 1. The zero-order chi connectivity index (χ0) is 14.1. The summed E-state index contributed by atoms with van der Waals surface area (Å²) >= 11 is 4.94. The van der Waals surface area contributed by atoms with E-state index in [1.807, 2.05) is 11.4 Å². The van der Waals surface area contributed by atoms with Gasteiger partial charge >= 0.3 is 5.97 Å². The minimum Gasteiger partial charge on any atom is -0.487 e. The van der Waals surface area contributed by atoms with E-state index in [9.17, 15) is 9.90 Å². The van der Waals surface area contributed by atoms with E-state index >= 15 is 0 Å². The Labute approximate surface area is 126 Å². The van der Waals surface area contributed by atoms with E-state index in [1.165, 1.54) is 17.4 Å². The molecule has 0 amide bonds. The highest BCUT2D eigenvalue weighted by molar-refractivity contribution is 9.10. The third kappa shape index (κ3) is 2.46. The van der Waals surface area contributed by atoms with Gasteiger partial charge in [-0.15, -0.1) is 11.3 Å². The molecule has 0 saturated carbocycles. The summed E-state index contributed by atoms with van der Waals surface area (Å²) < 4.78 is 17.0. The Hall–Kier alpha value is -1.73. The molecule has 1 aliphatic heterocycles. The predicted molar refractivity (Wildman–Crippen MR) is 75.9 cm³/mol. The molecule has 0 saturated heterocycles. The van der Waals surface area contributed by atoms with Gasteiger partial charge in [-0.1, -0.05) is 0 Å². The van der Waals surface area contributed by atoms with Gasteiger partial charge in [-0.2, -0.15) is 0 Å². The largest absolute Gasteiger partial charge is 0.487 e. The van der Waals surface area contributed by atoms with Crippen molar-refractivity contribution in [1.82, 2.24) is 0 Å². The Kier molecular flexibility index (Phi) is 3.54. The molecule has 1 N–H and O–H groups in total. The Morgan fingerprint density at radius 3 is 2.80 bits per heavy atom. The van der Waals surface area contributed by atoms with Crippen LogP contribution in [0.3, 0.4) is 0 Å². The van der Waals surface area contributed by atoms with Gasteiger partial charge in [0.05, 0.1) is 4.88 Å². The fourth-order valence-electron chi connectivity index (χ4n) is 1.78. The lowest BCUT2D eigenvalue weighted by Gasteiger charge is -2.09. The summed E-state index contributed by atoms with van der Waals surface area (Å²) in [6.07, 6.45) is 0. The summed E-state index contributed by atoms with van der Waals surface area (Å²) in [7, 11) is 0. The first-order chi connectivity index (χ1) is 9.65. The molecule has 0 aliphatic carbocycles. The SMILES string of the molecule is O=C(O)c1cc2c(cc1OCc1sccc1Br)OCO2.